The fourth-order valence-electron chi connectivity index (χ4n) is 2.73. The van der Waals surface area contributed by atoms with Crippen LogP contribution in [0.4, 0.5) is 5.69 Å². The summed E-state index contributed by atoms with van der Waals surface area (Å²) in [7, 11) is -3.43. The lowest BCUT2D eigenvalue weighted by Crippen LogP contribution is -2.32. The van der Waals surface area contributed by atoms with Gasteiger partial charge in [-0.15, -0.1) is 0 Å². The van der Waals surface area contributed by atoms with Gasteiger partial charge in [-0.05, 0) is 42.2 Å². The Morgan fingerprint density at radius 1 is 1.11 bits per heavy atom. The molecule has 0 fully saturated rings. The van der Waals surface area contributed by atoms with E-state index in [0.29, 0.717) is 23.7 Å². The van der Waals surface area contributed by atoms with Crippen LogP contribution in [0.2, 0.25) is 5.02 Å². The fraction of sp³-hybridized carbons (Fsp3) is 0.350. The van der Waals surface area contributed by atoms with Crippen molar-refractivity contribution in [3.05, 3.63) is 65.2 Å². The van der Waals surface area contributed by atoms with Crippen LogP contribution in [0.1, 0.15) is 31.2 Å². The highest BCUT2D eigenvalue weighted by Gasteiger charge is 2.17. The number of rotatable bonds is 9. The molecular formula is C20H25ClN2O3S. The predicted molar refractivity (Wildman–Crippen MR) is 111 cm³/mol. The molecule has 0 unspecified atom stereocenters. The highest BCUT2D eigenvalue weighted by atomic mass is 35.5. The van der Waals surface area contributed by atoms with Gasteiger partial charge in [0, 0.05) is 24.5 Å². The van der Waals surface area contributed by atoms with E-state index < -0.39 is 10.0 Å². The van der Waals surface area contributed by atoms with Gasteiger partial charge < -0.3 is 5.32 Å². The van der Waals surface area contributed by atoms with E-state index in [1.807, 2.05) is 30.3 Å². The minimum atomic E-state index is -3.43. The van der Waals surface area contributed by atoms with Crippen LogP contribution in [0.25, 0.3) is 0 Å². The topological polar surface area (TPSA) is 66.5 Å². The minimum Gasteiger partial charge on any atom is -0.356 e. The van der Waals surface area contributed by atoms with Crippen molar-refractivity contribution in [1.29, 1.82) is 0 Å². The quantitative estimate of drug-likeness (QED) is 0.686. The van der Waals surface area contributed by atoms with Crippen molar-refractivity contribution in [1.82, 2.24) is 5.32 Å². The molecule has 2 rings (SSSR count). The minimum absolute atomic E-state index is 0.0812. The summed E-state index contributed by atoms with van der Waals surface area (Å²) >= 11 is 5.86. The molecule has 146 valence electrons. The Morgan fingerprint density at radius 2 is 1.74 bits per heavy atom. The third-order valence-electron chi connectivity index (χ3n) is 4.25. The number of amides is 1. The number of nitrogens with one attached hydrogen (secondary N) is 1. The number of benzene rings is 2. The molecule has 5 nitrogen and oxygen atoms in total. The second-order valence-electron chi connectivity index (χ2n) is 6.53. The first-order valence-electron chi connectivity index (χ1n) is 8.82. The van der Waals surface area contributed by atoms with Gasteiger partial charge in [-0.3, -0.25) is 9.10 Å². The van der Waals surface area contributed by atoms with Crippen LogP contribution in [0.5, 0.6) is 0 Å². The summed E-state index contributed by atoms with van der Waals surface area (Å²) in [5.41, 5.74) is 1.71. The zero-order chi connectivity index (χ0) is 19.9. The van der Waals surface area contributed by atoms with Crippen LogP contribution in [0.3, 0.4) is 0 Å². The molecule has 0 spiro atoms. The number of halogens is 1. The van der Waals surface area contributed by atoms with E-state index >= 15 is 0 Å². The van der Waals surface area contributed by atoms with Crippen LogP contribution in [0.15, 0.2) is 54.6 Å². The van der Waals surface area contributed by atoms with Crippen molar-refractivity contribution in [3.8, 4) is 0 Å². The zero-order valence-corrected chi connectivity index (χ0v) is 17.1. The maximum absolute atomic E-state index is 12.1. The molecule has 0 aromatic heterocycles. The number of carbonyl (C=O) groups is 1. The number of sulfonamides is 1. The van der Waals surface area contributed by atoms with Gasteiger partial charge in [0.25, 0.3) is 0 Å². The normalized spacial score (nSPS) is 12.4. The summed E-state index contributed by atoms with van der Waals surface area (Å²) in [6, 6.07) is 16.6. The second kappa shape index (κ2) is 9.76. The van der Waals surface area contributed by atoms with Crippen molar-refractivity contribution < 1.29 is 13.2 Å². The average Bonchev–Trinajstić information content (AvgIpc) is 2.64. The standard InChI is InChI=1S/C20H25ClN2O3S/c1-16(17-7-4-3-5-8-17)15-22-20(24)9-6-14-23(27(2,25)26)19-12-10-18(21)11-13-19/h3-5,7-8,10-13,16H,6,9,14-15H2,1-2H3,(H,22,24)/t16-/m1/s1. The third kappa shape index (κ3) is 6.88. The van der Waals surface area contributed by atoms with Gasteiger partial charge in [0.05, 0.1) is 11.9 Å². The summed E-state index contributed by atoms with van der Waals surface area (Å²) in [4.78, 5) is 12.1. The predicted octanol–water partition coefficient (Wildman–Crippen LogP) is 3.81. The molecular weight excluding hydrogens is 384 g/mol. The van der Waals surface area contributed by atoms with E-state index in [4.69, 9.17) is 11.6 Å². The van der Waals surface area contributed by atoms with Gasteiger partial charge in [-0.1, -0.05) is 48.9 Å². The Kier molecular flexibility index (Phi) is 7.68. The Hall–Kier alpha value is -2.05. The van der Waals surface area contributed by atoms with Gasteiger partial charge in [0.2, 0.25) is 15.9 Å². The number of hydrogen-bond acceptors (Lipinski definition) is 3. The van der Waals surface area contributed by atoms with Crippen molar-refractivity contribution in [2.24, 2.45) is 0 Å². The highest BCUT2D eigenvalue weighted by Crippen LogP contribution is 2.21. The van der Waals surface area contributed by atoms with Gasteiger partial charge in [-0.25, -0.2) is 8.42 Å². The lowest BCUT2D eigenvalue weighted by molar-refractivity contribution is -0.121. The molecule has 2 aromatic rings. The molecule has 0 saturated carbocycles. The Bertz CT molecular complexity index is 839. The van der Waals surface area contributed by atoms with E-state index in [1.54, 1.807) is 24.3 Å². The van der Waals surface area contributed by atoms with E-state index in [0.717, 1.165) is 6.26 Å². The Balaban J connectivity index is 1.83. The lowest BCUT2D eigenvalue weighted by Gasteiger charge is -2.22. The molecule has 0 bridgehead atoms. The summed E-state index contributed by atoms with van der Waals surface area (Å²) in [6.45, 7) is 2.85. The van der Waals surface area contributed by atoms with Crippen LogP contribution in [-0.4, -0.2) is 33.7 Å². The molecule has 27 heavy (non-hydrogen) atoms. The average molecular weight is 409 g/mol. The van der Waals surface area contributed by atoms with E-state index in [9.17, 15) is 13.2 Å². The van der Waals surface area contributed by atoms with Gasteiger partial charge >= 0.3 is 0 Å². The molecule has 1 N–H and O–H groups in total. The molecule has 1 amide bonds. The van der Waals surface area contributed by atoms with E-state index in [2.05, 4.69) is 12.2 Å². The van der Waals surface area contributed by atoms with E-state index in [1.165, 1.54) is 9.87 Å². The summed E-state index contributed by atoms with van der Waals surface area (Å²) in [6.07, 6.45) is 1.85. The summed E-state index contributed by atoms with van der Waals surface area (Å²) in [5.74, 6) is 0.138. The maximum atomic E-state index is 12.1. The van der Waals surface area contributed by atoms with Crippen LogP contribution in [-0.2, 0) is 14.8 Å². The van der Waals surface area contributed by atoms with Gasteiger partial charge in [-0.2, -0.15) is 0 Å². The lowest BCUT2D eigenvalue weighted by atomic mass is 10.0. The number of hydrogen-bond donors (Lipinski definition) is 1. The van der Waals surface area contributed by atoms with Crippen molar-refractivity contribution in [2.45, 2.75) is 25.7 Å². The molecule has 2 aromatic carbocycles. The summed E-state index contributed by atoms with van der Waals surface area (Å²) in [5, 5.41) is 3.46. The highest BCUT2D eigenvalue weighted by molar-refractivity contribution is 7.92. The first-order valence-corrected chi connectivity index (χ1v) is 11.0. The first-order chi connectivity index (χ1) is 12.8. The number of nitrogens with zero attached hydrogens (tertiary/aromatic N) is 1. The van der Waals surface area contributed by atoms with E-state index in [-0.39, 0.29) is 24.8 Å². The largest absolute Gasteiger partial charge is 0.356 e. The Morgan fingerprint density at radius 3 is 2.33 bits per heavy atom. The molecule has 0 radical (unpaired) electrons. The molecule has 0 saturated heterocycles. The number of carbonyl (C=O) groups excluding carboxylic acids is 1. The number of anilines is 1. The molecule has 0 heterocycles. The van der Waals surface area contributed by atoms with Crippen molar-refractivity contribution in [2.75, 3.05) is 23.7 Å². The van der Waals surface area contributed by atoms with Gasteiger partial charge in [0.15, 0.2) is 0 Å². The van der Waals surface area contributed by atoms with Crippen LogP contribution >= 0.6 is 11.6 Å². The van der Waals surface area contributed by atoms with Crippen molar-refractivity contribution in [3.63, 3.8) is 0 Å². The van der Waals surface area contributed by atoms with Crippen LogP contribution in [0, 0.1) is 0 Å². The van der Waals surface area contributed by atoms with Crippen LogP contribution < -0.4 is 9.62 Å². The fourth-order valence-corrected chi connectivity index (χ4v) is 3.82. The maximum Gasteiger partial charge on any atom is 0.232 e. The molecule has 7 heteroatoms. The molecule has 1 atom stereocenters. The summed E-state index contributed by atoms with van der Waals surface area (Å²) < 4.78 is 25.4. The molecule has 0 aliphatic rings. The molecule has 0 aliphatic heterocycles. The SMILES string of the molecule is C[C@H](CNC(=O)CCCN(c1ccc(Cl)cc1)S(C)(=O)=O)c1ccccc1. The smallest absolute Gasteiger partial charge is 0.232 e. The zero-order valence-electron chi connectivity index (χ0n) is 15.6. The van der Waals surface area contributed by atoms with Crippen molar-refractivity contribution >= 4 is 33.2 Å². The Labute approximate surface area is 166 Å². The second-order valence-corrected chi connectivity index (χ2v) is 8.87. The third-order valence-corrected chi connectivity index (χ3v) is 5.70. The first kappa shape index (κ1) is 21.3. The molecule has 0 aliphatic carbocycles. The monoisotopic (exact) mass is 408 g/mol. The van der Waals surface area contributed by atoms with Gasteiger partial charge in [0.1, 0.15) is 0 Å².